The fraction of sp³-hybridized carbons (Fsp3) is 0.529. The summed E-state index contributed by atoms with van der Waals surface area (Å²) < 4.78 is 7.67. The zero-order valence-electron chi connectivity index (χ0n) is 12.9. The van der Waals surface area contributed by atoms with E-state index in [9.17, 15) is 4.79 Å². The molecule has 0 atom stereocenters. The summed E-state index contributed by atoms with van der Waals surface area (Å²) in [4.78, 5) is 16.5. The molecule has 1 heterocycles. The lowest BCUT2D eigenvalue weighted by Gasteiger charge is -2.27. The average molecular weight is 286 g/mol. The second kappa shape index (κ2) is 5.51. The Morgan fingerprint density at radius 3 is 2.67 bits per heavy atom. The molecular weight excluding hydrogens is 264 g/mol. The zero-order chi connectivity index (χ0) is 15.0. The van der Waals surface area contributed by atoms with Crippen molar-refractivity contribution < 1.29 is 4.74 Å². The van der Waals surface area contributed by atoms with Crippen LogP contribution in [0.1, 0.15) is 38.2 Å². The molecule has 0 saturated heterocycles. The highest BCUT2D eigenvalue weighted by Crippen LogP contribution is 2.30. The highest BCUT2D eigenvalue weighted by Gasteiger charge is 2.20. The zero-order valence-corrected chi connectivity index (χ0v) is 12.9. The van der Waals surface area contributed by atoms with Crippen molar-refractivity contribution in [3.63, 3.8) is 0 Å². The van der Waals surface area contributed by atoms with Gasteiger partial charge >= 0.3 is 0 Å². The first kappa shape index (κ1) is 14.1. The van der Waals surface area contributed by atoms with Crippen LogP contribution in [0.5, 0.6) is 5.75 Å². The Balaban J connectivity index is 1.93. The standard InChI is InChI=1S/C17H22N2O2/c1-11-4-6-13(7-5-11)21-16-9-14-15(8-12(16)2)18-10-19(3)17(14)20/h8-11,13H,4-7H2,1-3H3. The predicted molar refractivity (Wildman–Crippen MR) is 83.8 cm³/mol. The Morgan fingerprint density at radius 1 is 1.24 bits per heavy atom. The lowest BCUT2D eigenvalue weighted by Crippen LogP contribution is -2.23. The molecule has 0 bridgehead atoms. The predicted octanol–water partition coefficient (Wildman–Crippen LogP) is 3.20. The SMILES string of the molecule is Cc1cc2ncn(C)c(=O)c2cc1OC1CCC(C)CC1. The van der Waals surface area contributed by atoms with Gasteiger partial charge in [-0.15, -0.1) is 0 Å². The van der Waals surface area contributed by atoms with Gasteiger partial charge in [-0.1, -0.05) is 6.92 Å². The van der Waals surface area contributed by atoms with Crippen molar-refractivity contribution in [3.05, 3.63) is 34.4 Å². The molecule has 1 aromatic carbocycles. The van der Waals surface area contributed by atoms with E-state index in [1.807, 2.05) is 19.1 Å². The fourth-order valence-corrected chi connectivity index (χ4v) is 3.00. The molecule has 0 aliphatic heterocycles. The normalized spacial score (nSPS) is 22.4. The first-order valence-electron chi connectivity index (χ1n) is 7.67. The number of hydrogen-bond donors (Lipinski definition) is 0. The molecule has 0 radical (unpaired) electrons. The highest BCUT2D eigenvalue weighted by atomic mass is 16.5. The minimum absolute atomic E-state index is 0.0258. The van der Waals surface area contributed by atoms with Gasteiger partial charge in [-0.3, -0.25) is 4.79 Å². The van der Waals surface area contributed by atoms with Crippen LogP contribution in [0.15, 0.2) is 23.3 Å². The molecule has 1 saturated carbocycles. The number of ether oxygens (including phenoxy) is 1. The number of aromatic nitrogens is 2. The third-order valence-corrected chi connectivity index (χ3v) is 4.47. The lowest BCUT2D eigenvalue weighted by atomic mass is 9.89. The number of benzene rings is 1. The molecule has 1 fully saturated rings. The van der Waals surface area contributed by atoms with Crippen molar-refractivity contribution in [2.45, 2.75) is 45.6 Å². The summed E-state index contributed by atoms with van der Waals surface area (Å²) in [6.07, 6.45) is 6.49. The van der Waals surface area contributed by atoms with Crippen LogP contribution >= 0.6 is 0 Å². The van der Waals surface area contributed by atoms with E-state index in [0.717, 1.165) is 35.6 Å². The van der Waals surface area contributed by atoms with Crippen molar-refractivity contribution in [3.8, 4) is 5.75 Å². The molecule has 1 aliphatic rings. The van der Waals surface area contributed by atoms with Crippen LogP contribution in [0.2, 0.25) is 0 Å². The van der Waals surface area contributed by atoms with E-state index in [2.05, 4.69) is 11.9 Å². The summed E-state index contributed by atoms with van der Waals surface area (Å²) in [7, 11) is 1.72. The van der Waals surface area contributed by atoms with Crippen molar-refractivity contribution in [2.24, 2.45) is 13.0 Å². The van der Waals surface area contributed by atoms with E-state index in [-0.39, 0.29) is 11.7 Å². The quantitative estimate of drug-likeness (QED) is 0.851. The van der Waals surface area contributed by atoms with Gasteiger partial charge in [0.25, 0.3) is 5.56 Å². The van der Waals surface area contributed by atoms with Gasteiger partial charge in [-0.25, -0.2) is 4.98 Å². The molecule has 4 nitrogen and oxygen atoms in total. The van der Waals surface area contributed by atoms with Crippen LogP contribution < -0.4 is 10.3 Å². The molecule has 1 aliphatic carbocycles. The van der Waals surface area contributed by atoms with Crippen LogP contribution in [-0.2, 0) is 7.05 Å². The molecule has 21 heavy (non-hydrogen) atoms. The highest BCUT2D eigenvalue weighted by molar-refractivity contribution is 5.80. The maximum absolute atomic E-state index is 12.2. The minimum atomic E-state index is -0.0258. The third-order valence-electron chi connectivity index (χ3n) is 4.47. The van der Waals surface area contributed by atoms with Crippen LogP contribution in [0.3, 0.4) is 0 Å². The maximum atomic E-state index is 12.2. The molecule has 1 aromatic heterocycles. The second-order valence-corrected chi connectivity index (χ2v) is 6.30. The van der Waals surface area contributed by atoms with Crippen LogP contribution in [0, 0.1) is 12.8 Å². The number of hydrogen-bond acceptors (Lipinski definition) is 3. The van der Waals surface area contributed by atoms with Gasteiger partial charge in [0.05, 0.1) is 23.3 Å². The number of aryl methyl sites for hydroxylation is 2. The monoisotopic (exact) mass is 286 g/mol. The van der Waals surface area contributed by atoms with Gasteiger partial charge in [-0.05, 0) is 56.2 Å². The first-order valence-corrected chi connectivity index (χ1v) is 7.67. The summed E-state index contributed by atoms with van der Waals surface area (Å²) in [5, 5.41) is 0.629. The average Bonchev–Trinajstić information content (AvgIpc) is 2.47. The largest absolute Gasteiger partial charge is 0.490 e. The van der Waals surface area contributed by atoms with E-state index < -0.39 is 0 Å². The van der Waals surface area contributed by atoms with Gasteiger partial charge < -0.3 is 9.30 Å². The van der Waals surface area contributed by atoms with E-state index in [1.165, 1.54) is 17.4 Å². The summed E-state index contributed by atoms with van der Waals surface area (Å²) in [5.74, 6) is 1.63. The molecule has 3 rings (SSSR count). The van der Waals surface area contributed by atoms with Gasteiger partial charge in [0.2, 0.25) is 0 Å². The third kappa shape index (κ3) is 2.80. The van der Waals surface area contributed by atoms with Crippen LogP contribution in [0.25, 0.3) is 10.9 Å². The Kier molecular flexibility index (Phi) is 3.70. The summed E-state index contributed by atoms with van der Waals surface area (Å²) in [6, 6.07) is 3.80. The molecule has 0 spiro atoms. The maximum Gasteiger partial charge on any atom is 0.261 e. The van der Waals surface area contributed by atoms with Gasteiger partial charge in [0.1, 0.15) is 5.75 Å². The summed E-state index contributed by atoms with van der Waals surface area (Å²) in [6.45, 7) is 4.31. The van der Waals surface area contributed by atoms with Crippen LogP contribution in [0.4, 0.5) is 0 Å². The fourth-order valence-electron chi connectivity index (χ4n) is 3.00. The van der Waals surface area contributed by atoms with Gasteiger partial charge in [0.15, 0.2) is 0 Å². The number of rotatable bonds is 2. The molecule has 4 heteroatoms. The van der Waals surface area contributed by atoms with E-state index in [1.54, 1.807) is 13.4 Å². The summed E-state index contributed by atoms with van der Waals surface area (Å²) >= 11 is 0. The van der Waals surface area contributed by atoms with Gasteiger partial charge in [0, 0.05) is 7.05 Å². The Bertz CT molecular complexity index is 713. The molecule has 0 unspecified atom stereocenters. The van der Waals surface area contributed by atoms with E-state index in [4.69, 9.17) is 4.74 Å². The van der Waals surface area contributed by atoms with E-state index in [0.29, 0.717) is 5.39 Å². The minimum Gasteiger partial charge on any atom is -0.490 e. The molecule has 2 aromatic rings. The molecule has 112 valence electrons. The summed E-state index contributed by atoms with van der Waals surface area (Å²) in [5.41, 5.74) is 1.75. The molecule has 0 N–H and O–H groups in total. The van der Waals surface area contributed by atoms with E-state index >= 15 is 0 Å². The smallest absolute Gasteiger partial charge is 0.261 e. The topological polar surface area (TPSA) is 44.1 Å². The lowest BCUT2D eigenvalue weighted by molar-refractivity contribution is 0.135. The molecule has 0 amide bonds. The van der Waals surface area contributed by atoms with Gasteiger partial charge in [-0.2, -0.15) is 0 Å². The Labute approximate surface area is 124 Å². The molecular formula is C17H22N2O2. The Hall–Kier alpha value is -1.84. The van der Waals surface area contributed by atoms with Crippen molar-refractivity contribution in [1.82, 2.24) is 9.55 Å². The van der Waals surface area contributed by atoms with Crippen molar-refractivity contribution in [2.75, 3.05) is 0 Å². The Morgan fingerprint density at radius 2 is 1.95 bits per heavy atom. The van der Waals surface area contributed by atoms with Crippen molar-refractivity contribution >= 4 is 10.9 Å². The second-order valence-electron chi connectivity index (χ2n) is 6.30. The number of fused-ring (bicyclic) bond motifs is 1. The number of nitrogens with zero attached hydrogens (tertiary/aromatic N) is 2. The van der Waals surface area contributed by atoms with Crippen molar-refractivity contribution in [1.29, 1.82) is 0 Å². The first-order chi connectivity index (χ1) is 10.0. The van der Waals surface area contributed by atoms with Crippen LogP contribution in [-0.4, -0.2) is 15.7 Å².